The molecule has 22 heavy (non-hydrogen) atoms. The second kappa shape index (κ2) is 6.30. The highest BCUT2D eigenvalue weighted by molar-refractivity contribution is 5.97. The fraction of sp³-hybridized carbons (Fsp3) is 0.267. The molecule has 0 saturated carbocycles. The van der Waals surface area contributed by atoms with Gasteiger partial charge in [-0.2, -0.15) is 0 Å². The van der Waals surface area contributed by atoms with Gasteiger partial charge in [-0.1, -0.05) is 0 Å². The third-order valence-electron chi connectivity index (χ3n) is 3.54. The van der Waals surface area contributed by atoms with Crippen molar-refractivity contribution in [1.82, 2.24) is 25.8 Å². The molecule has 0 saturated heterocycles. The van der Waals surface area contributed by atoms with Gasteiger partial charge in [0.2, 0.25) is 0 Å². The SMILES string of the molecule is O=C(NNC(=O)c1cc2c(cn1)CCCC2)c1cnccn1. The fourth-order valence-electron chi connectivity index (χ4n) is 2.40. The van der Waals surface area contributed by atoms with E-state index in [1.54, 1.807) is 12.3 Å². The first-order chi connectivity index (χ1) is 10.7. The van der Waals surface area contributed by atoms with Crippen LogP contribution in [0.5, 0.6) is 0 Å². The molecule has 3 rings (SSSR count). The Morgan fingerprint density at radius 3 is 2.32 bits per heavy atom. The van der Waals surface area contributed by atoms with Gasteiger partial charge in [0.25, 0.3) is 11.8 Å². The summed E-state index contributed by atoms with van der Waals surface area (Å²) in [6.07, 6.45) is 10.2. The lowest BCUT2D eigenvalue weighted by Crippen LogP contribution is -2.42. The van der Waals surface area contributed by atoms with E-state index < -0.39 is 11.8 Å². The third kappa shape index (κ3) is 3.08. The van der Waals surface area contributed by atoms with Crippen molar-refractivity contribution in [2.45, 2.75) is 25.7 Å². The first kappa shape index (κ1) is 14.1. The lowest BCUT2D eigenvalue weighted by atomic mass is 9.93. The standard InChI is InChI=1S/C15H15N5O2/c21-14(19-20-15(22)13-9-16-5-6-17-13)12-7-10-3-1-2-4-11(10)8-18-12/h5-9H,1-4H2,(H,19,21)(H,20,22). The van der Waals surface area contributed by atoms with Crippen molar-refractivity contribution in [3.63, 3.8) is 0 Å². The smallest absolute Gasteiger partial charge is 0.266 e. The Labute approximate surface area is 127 Å². The molecule has 0 radical (unpaired) electrons. The lowest BCUT2D eigenvalue weighted by Gasteiger charge is -2.15. The van der Waals surface area contributed by atoms with E-state index in [2.05, 4.69) is 25.8 Å². The van der Waals surface area contributed by atoms with Crippen LogP contribution >= 0.6 is 0 Å². The zero-order valence-electron chi connectivity index (χ0n) is 11.9. The van der Waals surface area contributed by atoms with Gasteiger partial charge in [-0.15, -0.1) is 0 Å². The summed E-state index contributed by atoms with van der Waals surface area (Å²) in [4.78, 5) is 35.6. The van der Waals surface area contributed by atoms with Crippen LogP contribution in [0.4, 0.5) is 0 Å². The average Bonchev–Trinajstić information content (AvgIpc) is 2.59. The molecule has 1 aliphatic rings. The second-order valence-corrected chi connectivity index (χ2v) is 5.04. The zero-order chi connectivity index (χ0) is 15.4. The van der Waals surface area contributed by atoms with E-state index in [4.69, 9.17) is 0 Å². The number of hydrazine groups is 1. The summed E-state index contributed by atoms with van der Waals surface area (Å²) in [5, 5.41) is 0. The summed E-state index contributed by atoms with van der Waals surface area (Å²) < 4.78 is 0. The number of rotatable bonds is 2. The number of carbonyl (C=O) groups excluding carboxylic acids is 2. The Morgan fingerprint density at radius 2 is 1.59 bits per heavy atom. The highest BCUT2D eigenvalue weighted by Gasteiger charge is 2.15. The van der Waals surface area contributed by atoms with E-state index in [9.17, 15) is 9.59 Å². The number of aromatic nitrogens is 3. The van der Waals surface area contributed by atoms with Crippen LogP contribution in [0.25, 0.3) is 0 Å². The fourth-order valence-corrected chi connectivity index (χ4v) is 2.40. The molecule has 0 atom stereocenters. The third-order valence-corrected chi connectivity index (χ3v) is 3.54. The largest absolute Gasteiger partial charge is 0.289 e. The predicted molar refractivity (Wildman–Crippen MR) is 77.8 cm³/mol. The van der Waals surface area contributed by atoms with Crippen LogP contribution in [0.15, 0.2) is 30.9 Å². The van der Waals surface area contributed by atoms with Gasteiger partial charge in [-0.3, -0.25) is 30.4 Å². The quantitative estimate of drug-likeness (QED) is 0.800. The number of hydrogen-bond acceptors (Lipinski definition) is 5. The van der Waals surface area contributed by atoms with Crippen molar-refractivity contribution in [2.24, 2.45) is 0 Å². The van der Waals surface area contributed by atoms with Gasteiger partial charge in [0.05, 0.1) is 6.20 Å². The number of nitrogens with one attached hydrogen (secondary N) is 2. The van der Waals surface area contributed by atoms with Crippen molar-refractivity contribution in [1.29, 1.82) is 0 Å². The van der Waals surface area contributed by atoms with E-state index in [1.807, 2.05) is 0 Å². The first-order valence-corrected chi connectivity index (χ1v) is 7.08. The number of pyridine rings is 1. The molecule has 0 aromatic carbocycles. The van der Waals surface area contributed by atoms with Gasteiger partial charge < -0.3 is 0 Å². The Bertz CT molecular complexity index is 702. The summed E-state index contributed by atoms with van der Waals surface area (Å²) in [7, 11) is 0. The van der Waals surface area contributed by atoms with Crippen LogP contribution in [0.3, 0.4) is 0 Å². The molecule has 2 aromatic rings. The summed E-state index contributed by atoms with van der Waals surface area (Å²) in [6, 6.07) is 1.79. The molecular weight excluding hydrogens is 282 g/mol. The number of carbonyl (C=O) groups is 2. The molecule has 112 valence electrons. The average molecular weight is 297 g/mol. The minimum Gasteiger partial charge on any atom is -0.266 e. The van der Waals surface area contributed by atoms with Crippen LogP contribution < -0.4 is 10.9 Å². The van der Waals surface area contributed by atoms with E-state index in [1.165, 1.54) is 24.2 Å². The summed E-state index contributed by atoms with van der Waals surface area (Å²) in [5.41, 5.74) is 7.41. The molecule has 0 bridgehead atoms. The number of amides is 2. The van der Waals surface area contributed by atoms with Crippen molar-refractivity contribution in [3.05, 3.63) is 53.4 Å². The van der Waals surface area contributed by atoms with Gasteiger partial charge in [0.15, 0.2) is 0 Å². The summed E-state index contributed by atoms with van der Waals surface area (Å²) in [5.74, 6) is -0.981. The number of aryl methyl sites for hydroxylation is 2. The minimum atomic E-state index is -0.528. The maximum Gasteiger partial charge on any atom is 0.289 e. The monoisotopic (exact) mass is 297 g/mol. The summed E-state index contributed by atoms with van der Waals surface area (Å²) in [6.45, 7) is 0. The number of nitrogens with zero attached hydrogens (tertiary/aromatic N) is 3. The van der Waals surface area contributed by atoms with E-state index in [-0.39, 0.29) is 5.69 Å². The van der Waals surface area contributed by atoms with Gasteiger partial charge >= 0.3 is 0 Å². The predicted octanol–water partition coefficient (Wildman–Crippen LogP) is 0.825. The molecule has 7 heteroatoms. The second-order valence-electron chi connectivity index (χ2n) is 5.04. The Morgan fingerprint density at radius 1 is 0.864 bits per heavy atom. The molecule has 0 unspecified atom stereocenters. The van der Waals surface area contributed by atoms with E-state index in [0.717, 1.165) is 31.2 Å². The van der Waals surface area contributed by atoms with Crippen LogP contribution in [0.1, 0.15) is 44.9 Å². The lowest BCUT2D eigenvalue weighted by molar-refractivity contribution is 0.0841. The van der Waals surface area contributed by atoms with Crippen molar-refractivity contribution in [3.8, 4) is 0 Å². The molecule has 0 aliphatic heterocycles. The highest BCUT2D eigenvalue weighted by atomic mass is 16.2. The van der Waals surface area contributed by atoms with Gasteiger partial charge in [-0.25, -0.2) is 4.98 Å². The normalized spacial score (nSPS) is 13.1. The minimum absolute atomic E-state index is 0.126. The van der Waals surface area contributed by atoms with Gasteiger partial charge in [-0.05, 0) is 42.9 Å². The maximum atomic E-state index is 12.0. The summed E-state index contributed by atoms with van der Waals surface area (Å²) >= 11 is 0. The molecule has 2 heterocycles. The van der Waals surface area contributed by atoms with Crippen LogP contribution in [0.2, 0.25) is 0 Å². The molecule has 0 fully saturated rings. The molecule has 7 nitrogen and oxygen atoms in total. The number of hydrogen-bond donors (Lipinski definition) is 2. The Hall–Kier alpha value is -2.83. The van der Waals surface area contributed by atoms with Crippen LogP contribution in [-0.2, 0) is 12.8 Å². The maximum absolute atomic E-state index is 12.0. The van der Waals surface area contributed by atoms with Gasteiger partial charge in [0, 0.05) is 18.6 Å². The van der Waals surface area contributed by atoms with Crippen LogP contribution in [0, 0.1) is 0 Å². The molecule has 1 aliphatic carbocycles. The molecular formula is C15H15N5O2. The van der Waals surface area contributed by atoms with Gasteiger partial charge in [0.1, 0.15) is 11.4 Å². The topological polar surface area (TPSA) is 96.9 Å². The Kier molecular flexibility index (Phi) is 4.04. The zero-order valence-corrected chi connectivity index (χ0v) is 11.9. The first-order valence-electron chi connectivity index (χ1n) is 7.08. The highest BCUT2D eigenvalue weighted by Crippen LogP contribution is 2.20. The van der Waals surface area contributed by atoms with Crippen molar-refractivity contribution >= 4 is 11.8 Å². The van der Waals surface area contributed by atoms with Crippen LogP contribution in [-0.4, -0.2) is 26.8 Å². The number of fused-ring (bicyclic) bond motifs is 1. The van der Waals surface area contributed by atoms with E-state index in [0.29, 0.717) is 5.69 Å². The van der Waals surface area contributed by atoms with Crippen molar-refractivity contribution in [2.75, 3.05) is 0 Å². The molecule has 2 aromatic heterocycles. The molecule has 0 spiro atoms. The molecule has 2 N–H and O–H groups in total. The van der Waals surface area contributed by atoms with Crippen molar-refractivity contribution < 1.29 is 9.59 Å². The molecule has 2 amide bonds. The van der Waals surface area contributed by atoms with E-state index >= 15 is 0 Å². The Balaban J connectivity index is 1.64.